The van der Waals surface area contributed by atoms with Crippen molar-refractivity contribution in [3.63, 3.8) is 0 Å². The van der Waals surface area contributed by atoms with Crippen LogP contribution in [0, 0.1) is 0 Å². The first-order valence-electron chi connectivity index (χ1n) is 4.63. The molecule has 1 atom stereocenters. The minimum atomic E-state index is -1.42. The first-order chi connectivity index (χ1) is 7.86. The Morgan fingerprint density at radius 3 is 2.29 bits per heavy atom. The lowest BCUT2D eigenvalue weighted by Crippen LogP contribution is -2.49. The van der Waals surface area contributed by atoms with Crippen LogP contribution in [0.1, 0.15) is 6.42 Å². The summed E-state index contributed by atoms with van der Waals surface area (Å²) in [6, 6.07) is -2.29. The van der Waals surface area contributed by atoms with Gasteiger partial charge >= 0.3 is 12.0 Å². The third kappa shape index (κ3) is 6.71. The Hall–Kier alpha value is -2.32. The predicted molar refractivity (Wildman–Crippen MR) is 55.8 cm³/mol. The maximum atomic E-state index is 11.1. The van der Waals surface area contributed by atoms with Gasteiger partial charge in [-0.2, -0.15) is 0 Å². The number of rotatable bonds is 6. The zero-order chi connectivity index (χ0) is 13.4. The molecule has 0 aliphatic heterocycles. The van der Waals surface area contributed by atoms with Crippen LogP contribution >= 0.6 is 0 Å². The fraction of sp³-hybridized carbons (Fsp3) is 0.500. The van der Waals surface area contributed by atoms with Crippen molar-refractivity contribution in [2.45, 2.75) is 12.5 Å². The number of aliphatic carboxylic acids is 1. The Kier molecular flexibility index (Phi) is 6.08. The fourth-order valence-corrected chi connectivity index (χ4v) is 0.859. The summed E-state index contributed by atoms with van der Waals surface area (Å²) in [5.41, 5.74) is 4.81. The monoisotopic (exact) mass is 246 g/mol. The number of hydrogen-bond donors (Lipinski definition) is 5. The Balaban J connectivity index is 4.17. The molecule has 0 aliphatic carbocycles. The molecule has 0 fully saturated rings. The van der Waals surface area contributed by atoms with E-state index in [1.165, 1.54) is 7.05 Å². The number of carbonyl (C=O) groups excluding carboxylic acids is 3. The second-order valence-corrected chi connectivity index (χ2v) is 3.06. The van der Waals surface area contributed by atoms with Gasteiger partial charge in [0.05, 0.1) is 13.0 Å². The van der Waals surface area contributed by atoms with Crippen molar-refractivity contribution >= 4 is 23.8 Å². The summed E-state index contributed by atoms with van der Waals surface area (Å²) in [6.07, 6.45) is -0.525. The highest BCUT2D eigenvalue weighted by Crippen LogP contribution is 1.91. The first kappa shape index (κ1) is 14.7. The highest BCUT2D eigenvalue weighted by molar-refractivity contribution is 5.89. The molecule has 0 aliphatic rings. The standard InChI is InChI=1S/C8H14N4O5/c1-10-6(14)3-11-8(17)12-4(7(15)16)2-5(9)13/h4H,2-3H2,1H3,(H2,9,13)(H,10,14)(H,15,16)(H2,11,12,17). The fourth-order valence-electron chi connectivity index (χ4n) is 0.859. The molecule has 0 spiro atoms. The normalized spacial score (nSPS) is 11.1. The molecule has 0 aromatic rings. The van der Waals surface area contributed by atoms with Crippen molar-refractivity contribution < 1.29 is 24.3 Å². The van der Waals surface area contributed by atoms with E-state index in [0.29, 0.717) is 0 Å². The summed E-state index contributed by atoms with van der Waals surface area (Å²) >= 11 is 0. The van der Waals surface area contributed by atoms with Crippen molar-refractivity contribution in [1.82, 2.24) is 16.0 Å². The highest BCUT2D eigenvalue weighted by atomic mass is 16.4. The van der Waals surface area contributed by atoms with Crippen LogP contribution in [0.5, 0.6) is 0 Å². The van der Waals surface area contributed by atoms with Crippen LogP contribution in [0.25, 0.3) is 0 Å². The van der Waals surface area contributed by atoms with E-state index in [9.17, 15) is 19.2 Å². The summed E-state index contributed by atoms with van der Waals surface area (Å²) in [6.45, 7) is -0.300. The molecular weight excluding hydrogens is 232 g/mol. The van der Waals surface area contributed by atoms with E-state index in [4.69, 9.17) is 10.8 Å². The Labute approximate surface area is 96.7 Å². The van der Waals surface area contributed by atoms with E-state index in [1.807, 2.05) is 5.32 Å². The molecule has 0 aromatic heterocycles. The van der Waals surface area contributed by atoms with Crippen LogP contribution in [0.4, 0.5) is 4.79 Å². The minimum absolute atomic E-state index is 0.300. The zero-order valence-corrected chi connectivity index (χ0v) is 9.15. The third-order valence-corrected chi connectivity index (χ3v) is 1.70. The van der Waals surface area contributed by atoms with Gasteiger partial charge in [-0.05, 0) is 0 Å². The molecular formula is C8H14N4O5. The Bertz CT molecular complexity index is 330. The van der Waals surface area contributed by atoms with E-state index >= 15 is 0 Å². The molecule has 96 valence electrons. The van der Waals surface area contributed by atoms with E-state index in [0.717, 1.165) is 0 Å². The number of carboxylic acids is 1. The molecule has 6 N–H and O–H groups in total. The average Bonchev–Trinajstić information content (AvgIpc) is 2.24. The number of nitrogens with one attached hydrogen (secondary N) is 3. The van der Waals surface area contributed by atoms with Gasteiger partial charge in [-0.15, -0.1) is 0 Å². The number of hydrogen-bond acceptors (Lipinski definition) is 4. The van der Waals surface area contributed by atoms with E-state index in [1.54, 1.807) is 0 Å². The van der Waals surface area contributed by atoms with Crippen LogP contribution in [0.2, 0.25) is 0 Å². The SMILES string of the molecule is CNC(=O)CNC(=O)NC(CC(N)=O)C(=O)O. The molecule has 0 aromatic carbocycles. The lowest BCUT2D eigenvalue weighted by molar-refractivity contribution is -0.140. The number of nitrogens with two attached hydrogens (primary N) is 1. The number of carboxylic acid groups (broad SMARTS) is 1. The van der Waals surface area contributed by atoms with Crippen molar-refractivity contribution in [2.24, 2.45) is 5.73 Å². The number of primary amides is 1. The van der Waals surface area contributed by atoms with Crippen molar-refractivity contribution in [2.75, 3.05) is 13.6 Å². The van der Waals surface area contributed by atoms with Crippen molar-refractivity contribution in [3.8, 4) is 0 Å². The summed E-state index contributed by atoms with van der Waals surface area (Å²) in [5.74, 6) is -2.69. The van der Waals surface area contributed by atoms with Crippen molar-refractivity contribution in [3.05, 3.63) is 0 Å². The van der Waals surface area contributed by atoms with E-state index in [2.05, 4.69) is 10.6 Å². The molecule has 0 bridgehead atoms. The second kappa shape index (κ2) is 7.04. The van der Waals surface area contributed by atoms with Gasteiger partial charge in [-0.1, -0.05) is 0 Å². The zero-order valence-electron chi connectivity index (χ0n) is 9.15. The molecule has 0 saturated heterocycles. The predicted octanol–water partition coefficient (Wildman–Crippen LogP) is -2.64. The van der Waals surface area contributed by atoms with Crippen LogP contribution in [0.3, 0.4) is 0 Å². The smallest absolute Gasteiger partial charge is 0.326 e. The van der Waals surface area contributed by atoms with Crippen LogP contribution in [-0.4, -0.2) is 48.6 Å². The van der Waals surface area contributed by atoms with Gasteiger partial charge in [0.1, 0.15) is 6.04 Å². The highest BCUT2D eigenvalue weighted by Gasteiger charge is 2.21. The van der Waals surface area contributed by atoms with E-state index in [-0.39, 0.29) is 6.54 Å². The third-order valence-electron chi connectivity index (χ3n) is 1.70. The number of carbonyl (C=O) groups is 4. The Morgan fingerprint density at radius 2 is 1.88 bits per heavy atom. The minimum Gasteiger partial charge on any atom is -0.480 e. The first-order valence-corrected chi connectivity index (χ1v) is 4.63. The van der Waals surface area contributed by atoms with Gasteiger partial charge < -0.3 is 26.8 Å². The summed E-state index contributed by atoms with van der Waals surface area (Å²) in [4.78, 5) is 43.1. The molecule has 17 heavy (non-hydrogen) atoms. The lowest BCUT2D eigenvalue weighted by Gasteiger charge is -2.13. The quantitative estimate of drug-likeness (QED) is 0.347. The van der Waals surface area contributed by atoms with Crippen LogP contribution in [-0.2, 0) is 14.4 Å². The molecule has 0 saturated carbocycles. The maximum Gasteiger partial charge on any atom is 0.326 e. The molecule has 9 nitrogen and oxygen atoms in total. The lowest BCUT2D eigenvalue weighted by atomic mass is 10.2. The van der Waals surface area contributed by atoms with Gasteiger partial charge in [0, 0.05) is 7.05 Å². The molecule has 1 unspecified atom stereocenters. The maximum absolute atomic E-state index is 11.1. The van der Waals surface area contributed by atoms with Crippen LogP contribution < -0.4 is 21.7 Å². The van der Waals surface area contributed by atoms with Gasteiger partial charge in [0.2, 0.25) is 11.8 Å². The summed E-state index contributed by atoms with van der Waals surface area (Å²) in [7, 11) is 1.38. The number of likely N-dealkylation sites (N-methyl/N-ethyl adjacent to an activating group) is 1. The summed E-state index contributed by atoms with van der Waals surface area (Å²) in [5, 5.41) is 15.0. The second-order valence-electron chi connectivity index (χ2n) is 3.06. The van der Waals surface area contributed by atoms with Gasteiger partial charge in [0.25, 0.3) is 0 Å². The molecule has 0 radical (unpaired) electrons. The molecule has 4 amide bonds. The van der Waals surface area contributed by atoms with Gasteiger partial charge in [-0.3, -0.25) is 9.59 Å². The van der Waals surface area contributed by atoms with Crippen LogP contribution in [0.15, 0.2) is 0 Å². The average molecular weight is 246 g/mol. The molecule has 0 heterocycles. The largest absolute Gasteiger partial charge is 0.480 e. The van der Waals surface area contributed by atoms with Gasteiger partial charge in [0.15, 0.2) is 0 Å². The number of amides is 4. The molecule has 9 heteroatoms. The van der Waals surface area contributed by atoms with Gasteiger partial charge in [-0.25, -0.2) is 9.59 Å². The Morgan fingerprint density at radius 1 is 1.29 bits per heavy atom. The van der Waals surface area contributed by atoms with E-state index < -0.39 is 36.3 Å². The number of urea groups is 1. The van der Waals surface area contributed by atoms with Crippen molar-refractivity contribution in [1.29, 1.82) is 0 Å². The molecule has 0 rings (SSSR count). The topological polar surface area (TPSA) is 151 Å². The summed E-state index contributed by atoms with van der Waals surface area (Å²) < 4.78 is 0.